The van der Waals surface area contributed by atoms with Gasteiger partial charge in [0.05, 0.1) is 24.9 Å². The van der Waals surface area contributed by atoms with Gasteiger partial charge in [-0.15, -0.1) is 5.10 Å². The van der Waals surface area contributed by atoms with E-state index in [4.69, 9.17) is 4.74 Å². The molecule has 0 fully saturated rings. The maximum Gasteiger partial charge on any atom is 0.0964 e. The van der Waals surface area contributed by atoms with Crippen molar-refractivity contribution in [3.05, 3.63) is 11.9 Å². The molecule has 0 amide bonds. The monoisotopic (exact) mass is 254 g/mol. The van der Waals surface area contributed by atoms with Crippen LogP contribution in [-0.4, -0.2) is 34.2 Å². The fourth-order valence-corrected chi connectivity index (χ4v) is 1.48. The minimum atomic E-state index is 0.320. The molecule has 1 heterocycles. The molecule has 1 N–H and O–H groups in total. The van der Waals surface area contributed by atoms with Crippen LogP contribution in [0.15, 0.2) is 6.20 Å². The second-order valence-corrected chi connectivity index (χ2v) is 5.09. The molecule has 5 heteroatoms. The highest BCUT2D eigenvalue weighted by atomic mass is 16.5. The van der Waals surface area contributed by atoms with E-state index in [-0.39, 0.29) is 0 Å². The molecule has 1 aromatic rings. The van der Waals surface area contributed by atoms with Crippen LogP contribution in [0.25, 0.3) is 0 Å². The van der Waals surface area contributed by atoms with E-state index in [0.29, 0.717) is 18.6 Å². The van der Waals surface area contributed by atoms with Crippen molar-refractivity contribution >= 4 is 0 Å². The fraction of sp³-hybridized carbons (Fsp3) is 0.846. The van der Waals surface area contributed by atoms with Gasteiger partial charge in [0.2, 0.25) is 0 Å². The number of rotatable bonds is 9. The van der Waals surface area contributed by atoms with Gasteiger partial charge < -0.3 is 10.1 Å². The summed E-state index contributed by atoms with van der Waals surface area (Å²) in [6, 6.07) is 0. The molecule has 1 aromatic heterocycles. The normalized spacial score (nSPS) is 13.2. The van der Waals surface area contributed by atoms with Gasteiger partial charge in [-0.2, -0.15) is 0 Å². The van der Waals surface area contributed by atoms with Crippen LogP contribution in [0.3, 0.4) is 0 Å². The maximum absolute atomic E-state index is 5.61. The van der Waals surface area contributed by atoms with Gasteiger partial charge in [-0.1, -0.05) is 26.0 Å². The number of nitrogens with zero attached hydrogens (tertiary/aromatic N) is 3. The van der Waals surface area contributed by atoms with Crippen molar-refractivity contribution in [2.24, 2.45) is 5.92 Å². The van der Waals surface area contributed by atoms with E-state index in [1.807, 2.05) is 10.9 Å². The van der Waals surface area contributed by atoms with E-state index in [9.17, 15) is 0 Å². The lowest BCUT2D eigenvalue weighted by atomic mass is 10.2. The van der Waals surface area contributed by atoms with Crippen LogP contribution in [0.1, 0.15) is 39.8 Å². The SMILES string of the molecule is CCC(C)OCCn1cc(CNCC(C)C)nn1. The molecule has 0 aliphatic heterocycles. The van der Waals surface area contributed by atoms with Crippen LogP contribution in [-0.2, 0) is 17.8 Å². The smallest absolute Gasteiger partial charge is 0.0964 e. The predicted octanol–water partition coefficient (Wildman–Crippen LogP) is 1.84. The summed E-state index contributed by atoms with van der Waals surface area (Å²) in [7, 11) is 0. The Kier molecular flexibility index (Phi) is 6.90. The van der Waals surface area contributed by atoms with Crippen LogP contribution >= 0.6 is 0 Å². The molecular formula is C13H26N4O. The van der Waals surface area contributed by atoms with E-state index in [0.717, 1.165) is 31.7 Å². The summed E-state index contributed by atoms with van der Waals surface area (Å²) in [5.74, 6) is 0.656. The summed E-state index contributed by atoms with van der Waals surface area (Å²) < 4.78 is 7.45. The third-order valence-electron chi connectivity index (χ3n) is 2.74. The van der Waals surface area contributed by atoms with Gasteiger partial charge in [-0.3, -0.25) is 0 Å². The Morgan fingerprint density at radius 3 is 2.83 bits per heavy atom. The lowest BCUT2D eigenvalue weighted by molar-refractivity contribution is 0.0562. The van der Waals surface area contributed by atoms with Crippen molar-refractivity contribution in [2.45, 2.75) is 53.3 Å². The van der Waals surface area contributed by atoms with Gasteiger partial charge in [0.25, 0.3) is 0 Å². The third kappa shape index (κ3) is 6.12. The lowest BCUT2D eigenvalue weighted by Crippen LogP contribution is -2.19. The average Bonchev–Trinajstić information content (AvgIpc) is 2.76. The fourth-order valence-electron chi connectivity index (χ4n) is 1.48. The molecule has 0 spiro atoms. The molecule has 1 unspecified atom stereocenters. The minimum absolute atomic E-state index is 0.320. The molecular weight excluding hydrogens is 228 g/mol. The summed E-state index contributed by atoms with van der Waals surface area (Å²) in [5, 5.41) is 11.6. The zero-order chi connectivity index (χ0) is 13.4. The van der Waals surface area contributed by atoms with E-state index < -0.39 is 0 Å². The van der Waals surface area contributed by atoms with Gasteiger partial charge in [0.15, 0.2) is 0 Å². The van der Waals surface area contributed by atoms with Crippen LogP contribution in [0.2, 0.25) is 0 Å². The number of ether oxygens (including phenoxy) is 1. The third-order valence-corrected chi connectivity index (χ3v) is 2.74. The summed E-state index contributed by atoms with van der Waals surface area (Å²) in [4.78, 5) is 0. The highest BCUT2D eigenvalue weighted by Gasteiger charge is 2.02. The first-order valence-electron chi connectivity index (χ1n) is 6.83. The molecule has 0 saturated carbocycles. The van der Waals surface area contributed by atoms with Gasteiger partial charge >= 0.3 is 0 Å². The molecule has 0 saturated heterocycles. The van der Waals surface area contributed by atoms with Crippen molar-refractivity contribution in [1.82, 2.24) is 20.3 Å². The van der Waals surface area contributed by atoms with Crippen molar-refractivity contribution in [3.8, 4) is 0 Å². The van der Waals surface area contributed by atoms with Crippen LogP contribution < -0.4 is 5.32 Å². The van der Waals surface area contributed by atoms with Crippen LogP contribution in [0.4, 0.5) is 0 Å². The average molecular weight is 254 g/mol. The van der Waals surface area contributed by atoms with Crippen molar-refractivity contribution < 1.29 is 4.74 Å². The molecule has 0 radical (unpaired) electrons. The van der Waals surface area contributed by atoms with Gasteiger partial charge in [-0.05, 0) is 25.8 Å². The lowest BCUT2D eigenvalue weighted by Gasteiger charge is -2.09. The topological polar surface area (TPSA) is 52.0 Å². The standard InChI is InChI=1S/C13H26N4O/c1-5-12(4)18-7-6-17-10-13(15-16-17)9-14-8-11(2)3/h10-12,14H,5-9H2,1-4H3. The quantitative estimate of drug-likeness (QED) is 0.730. The van der Waals surface area contributed by atoms with Gasteiger partial charge in [-0.25, -0.2) is 4.68 Å². The van der Waals surface area contributed by atoms with Crippen molar-refractivity contribution in [3.63, 3.8) is 0 Å². The Morgan fingerprint density at radius 2 is 2.17 bits per heavy atom. The van der Waals surface area contributed by atoms with Crippen LogP contribution in [0, 0.1) is 5.92 Å². The first-order valence-corrected chi connectivity index (χ1v) is 6.83. The van der Waals surface area contributed by atoms with E-state index in [1.165, 1.54) is 0 Å². The zero-order valence-corrected chi connectivity index (χ0v) is 12.0. The Balaban J connectivity index is 2.21. The number of aromatic nitrogens is 3. The zero-order valence-electron chi connectivity index (χ0n) is 12.0. The second kappa shape index (κ2) is 8.21. The van der Waals surface area contributed by atoms with Gasteiger partial charge in [0.1, 0.15) is 0 Å². The molecule has 5 nitrogen and oxygen atoms in total. The summed E-state index contributed by atoms with van der Waals surface area (Å²) >= 11 is 0. The highest BCUT2D eigenvalue weighted by Crippen LogP contribution is 1.98. The molecule has 0 bridgehead atoms. The Bertz CT molecular complexity index is 325. The van der Waals surface area contributed by atoms with E-state index >= 15 is 0 Å². The summed E-state index contributed by atoms with van der Waals surface area (Å²) in [5.41, 5.74) is 0.985. The maximum atomic E-state index is 5.61. The Morgan fingerprint density at radius 1 is 1.39 bits per heavy atom. The second-order valence-electron chi connectivity index (χ2n) is 5.09. The van der Waals surface area contributed by atoms with E-state index in [2.05, 4.69) is 43.3 Å². The first-order chi connectivity index (χ1) is 8.61. The van der Waals surface area contributed by atoms with Crippen molar-refractivity contribution in [2.75, 3.05) is 13.2 Å². The molecule has 1 atom stereocenters. The molecule has 1 rings (SSSR count). The largest absolute Gasteiger partial charge is 0.377 e. The molecule has 0 aromatic carbocycles. The number of hydrogen-bond donors (Lipinski definition) is 1. The van der Waals surface area contributed by atoms with Crippen molar-refractivity contribution in [1.29, 1.82) is 0 Å². The molecule has 18 heavy (non-hydrogen) atoms. The summed E-state index contributed by atoms with van der Waals surface area (Å²) in [6.45, 7) is 11.8. The Labute approximate surface area is 110 Å². The first kappa shape index (κ1) is 15.1. The van der Waals surface area contributed by atoms with Gasteiger partial charge in [0, 0.05) is 12.7 Å². The molecule has 0 aliphatic rings. The number of hydrogen-bond acceptors (Lipinski definition) is 4. The van der Waals surface area contributed by atoms with Crippen LogP contribution in [0.5, 0.6) is 0 Å². The highest BCUT2D eigenvalue weighted by molar-refractivity contribution is 4.91. The molecule has 0 aliphatic carbocycles. The number of nitrogens with one attached hydrogen (secondary N) is 1. The summed E-state index contributed by atoms with van der Waals surface area (Å²) in [6.07, 6.45) is 3.34. The minimum Gasteiger partial charge on any atom is -0.377 e. The predicted molar refractivity (Wildman–Crippen MR) is 72.3 cm³/mol. The Hall–Kier alpha value is -0.940. The van der Waals surface area contributed by atoms with E-state index in [1.54, 1.807) is 0 Å². The molecule has 104 valence electrons.